The minimum absolute atomic E-state index is 0.0871. The maximum atomic E-state index is 12.3. The van der Waals surface area contributed by atoms with E-state index in [0.29, 0.717) is 28.1 Å². The molecule has 3 aromatic rings. The molecule has 0 saturated carbocycles. The Balaban J connectivity index is 2.49. The van der Waals surface area contributed by atoms with Crippen LogP contribution in [0.15, 0.2) is 47.9 Å². The highest BCUT2D eigenvalue weighted by Gasteiger charge is 2.13. The van der Waals surface area contributed by atoms with Gasteiger partial charge in [-0.1, -0.05) is 6.58 Å². The minimum atomic E-state index is -0.357. The fourth-order valence-corrected chi connectivity index (χ4v) is 2.26. The summed E-state index contributed by atoms with van der Waals surface area (Å²) in [5, 5.41) is 10.5. The van der Waals surface area contributed by atoms with Gasteiger partial charge in [0.05, 0.1) is 22.5 Å². The van der Waals surface area contributed by atoms with Gasteiger partial charge in [-0.3, -0.25) is 14.3 Å². The van der Waals surface area contributed by atoms with Crippen LogP contribution >= 0.6 is 0 Å². The van der Waals surface area contributed by atoms with E-state index in [9.17, 15) is 9.90 Å². The molecule has 0 aromatic carbocycles. The Bertz CT molecular complexity index is 913. The molecule has 0 aliphatic rings. The van der Waals surface area contributed by atoms with Crippen LogP contribution in [-0.2, 0) is 0 Å². The van der Waals surface area contributed by atoms with Crippen molar-refractivity contribution in [2.24, 2.45) is 0 Å². The van der Waals surface area contributed by atoms with E-state index >= 15 is 0 Å². The second kappa shape index (κ2) is 4.86. The van der Waals surface area contributed by atoms with Crippen molar-refractivity contribution in [3.8, 4) is 11.4 Å². The van der Waals surface area contributed by atoms with Crippen LogP contribution < -0.4 is 5.56 Å². The van der Waals surface area contributed by atoms with E-state index in [1.807, 2.05) is 6.92 Å². The molecule has 0 unspecified atom stereocenters. The van der Waals surface area contributed by atoms with Gasteiger partial charge in [-0.25, -0.2) is 4.98 Å². The number of hydrogen-bond donors (Lipinski definition) is 1. The van der Waals surface area contributed by atoms with Gasteiger partial charge in [-0.2, -0.15) is 0 Å². The topological polar surface area (TPSA) is 68.0 Å². The summed E-state index contributed by atoms with van der Waals surface area (Å²) in [6, 6.07) is 8.19. The van der Waals surface area contributed by atoms with Crippen molar-refractivity contribution in [3.05, 3.63) is 64.8 Å². The predicted molar refractivity (Wildman–Crippen MR) is 81.6 cm³/mol. The molecule has 21 heavy (non-hydrogen) atoms. The molecular formula is C16H13N3O2. The van der Waals surface area contributed by atoms with E-state index in [4.69, 9.17) is 0 Å². The summed E-state index contributed by atoms with van der Waals surface area (Å²) in [7, 11) is 0. The maximum Gasteiger partial charge on any atom is 0.260 e. The van der Waals surface area contributed by atoms with Gasteiger partial charge >= 0.3 is 0 Å². The predicted octanol–water partition coefficient (Wildman–Crippen LogP) is 2.44. The molecule has 3 heterocycles. The average molecular weight is 279 g/mol. The lowest BCUT2D eigenvalue weighted by Crippen LogP contribution is -2.19. The average Bonchev–Trinajstić information content (AvgIpc) is 2.48. The van der Waals surface area contributed by atoms with Crippen LogP contribution in [0.3, 0.4) is 0 Å². The van der Waals surface area contributed by atoms with Crippen molar-refractivity contribution in [2.75, 3.05) is 0 Å². The van der Waals surface area contributed by atoms with Gasteiger partial charge in [0, 0.05) is 12.3 Å². The van der Waals surface area contributed by atoms with E-state index < -0.39 is 0 Å². The summed E-state index contributed by atoms with van der Waals surface area (Å²) >= 11 is 0. The van der Waals surface area contributed by atoms with Gasteiger partial charge in [0.25, 0.3) is 5.56 Å². The summed E-state index contributed by atoms with van der Waals surface area (Å²) in [5.41, 5.74) is 2.00. The number of aromatic hydroxyl groups is 1. The SMILES string of the molecule is C=Cc1ccc2c(O)cc(=O)n(-c3cccnc3C)c2n1. The largest absolute Gasteiger partial charge is 0.507 e. The lowest BCUT2D eigenvalue weighted by atomic mass is 10.2. The van der Waals surface area contributed by atoms with Gasteiger partial charge < -0.3 is 5.11 Å². The van der Waals surface area contributed by atoms with E-state index in [1.165, 1.54) is 10.6 Å². The van der Waals surface area contributed by atoms with Crippen molar-refractivity contribution < 1.29 is 5.11 Å². The zero-order valence-corrected chi connectivity index (χ0v) is 11.4. The quantitative estimate of drug-likeness (QED) is 0.782. The summed E-state index contributed by atoms with van der Waals surface area (Å²) in [6.07, 6.45) is 3.25. The van der Waals surface area contributed by atoms with E-state index in [-0.39, 0.29) is 11.3 Å². The normalized spacial score (nSPS) is 10.7. The zero-order valence-electron chi connectivity index (χ0n) is 11.4. The van der Waals surface area contributed by atoms with Crippen molar-refractivity contribution in [1.82, 2.24) is 14.5 Å². The Morgan fingerprint density at radius 1 is 1.33 bits per heavy atom. The molecule has 0 spiro atoms. The second-order valence-corrected chi connectivity index (χ2v) is 4.62. The smallest absolute Gasteiger partial charge is 0.260 e. The third-order valence-corrected chi connectivity index (χ3v) is 3.29. The maximum absolute atomic E-state index is 12.3. The Morgan fingerprint density at radius 3 is 2.86 bits per heavy atom. The molecule has 0 amide bonds. The number of hydrogen-bond acceptors (Lipinski definition) is 4. The molecule has 1 N–H and O–H groups in total. The molecule has 104 valence electrons. The molecule has 3 aromatic heterocycles. The highest BCUT2D eigenvalue weighted by atomic mass is 16.3. The van der Waals surface area contributed by atoms with Crippen LogP contribution in [-0.4, -0.2) is 19.6 Å². The Kier molecular flexibility index (Phi) is 3.02. The van der Waals surface area contributed by atoms with Crippen molar-refractivity contribution in [2.45, 2.75) is 6.92 Å². The molecular weight excluding hydrogens is 266 g/mol. The molecule has 0 aliphatic carbocycles. The first-order valence-electron chi connectivity index (χ1n) is 6.42. The van der Waals surface area contributed by atoms with Crippen molar-refractivity contribution in [3.63, 3.8) is 0 Å². The number of fused-ring (bicyclic) bond motifs is 1. The van der Waals surface area contributed by atoms with Crippen LogP contribution in [0.2, 0.25) is 0 Å². The Morgan fingerprint density at radius 2 is 2.14 bits per heavy atom. The highest BCUT2D eigenvalue weighted by molar-refractivity contribution is 5.84. The Hall–Kier alpha value is -2.95. The van der Waals surface area contributed by atoms with Gasteiger partial charge in [0.1, 0.15) is 5.75 Å². The second-order valence-electron chi connectivity index (χ2n) is 4.62. The first-order chi connectivity index (χ1) is 10.1. The number of pyridine rings is 3. The molecule has 0 atom stereocenters. The van der Waals surface area contributed by atoms with Crippen LogP contribution in [0.1, 0.15) is 11.4 Å². The van der Waals surface area contributed by atoms with Crippen molar-refractivity contribution >= 4 is 17.1 Å². The molecule has 3 rings (SSSR count). The monoisotopic (exact) mass is 279 g/mol. The van der Waals surface area contributed by atoms with Crippen LogP contribution in [0.25, 0.3) is 22.8 Å². The molecule has 0 radical (unpaired) electrons. The summed E-state index contributed by atoms with van der Waals surface area (Å²) in [4.78, 5) is 20.9. The lowest BCUT2D eigenvalue weighted by molar-refractivity contribution is 0.480. The molecule has 0 bridgehead atoms. The summed E-state index contributed by atoms with van der Waals surface area (Å²) < 4.78 is 1.45. The first kappa shape index (κ1) is 13.1. The fraction of sp³-hybridized carbons (Fsp3) is 0.0625. The molecule has 0 saturated heterocycles. The summed E-state index contributed by atoms with van der Waals surface area (Å²) in [5.74, 6) is -0.0871. The molecule has 5 heteroatoms. The third-order valence-electron chi connectivity index (χ3n) is 3.29. The molecule has 0 fully saturated rings. The van der Waals surface area contributed by atoms with Gasteiger partial charge in [-0.15, -0.1) is 0 Å². The van der Waals surface area contributed by atoms with E-state index in [0.717, 1.165) is 0 Å². The Labute approximate surface area is 120 Å². The lowest BCUT2D eigenvalue weighted by Gasteiger charge is -2.12. The van der Waals surface area contributed by atoms with E-state index in [2.05, 4.69) is 16.5 Å². The standard InChI is InChI=1S/C16H13N3O2/c1-3-11-6-7-12-14(20)9-15(21)19(16(12)18-11)13-5-4-8-17-10(13)2/h3-9,20H,1H2,2H3. The molecule has 0 aliphatic heterocycles. The minimum Gasteiger partial charge on any atom is -0.507 e. The third kappa shape index (κ3) is 2.08. The fourth-order valence-electron chi connectivity index (χ4n) is 2.26. The first-order valence-corrected chi connectivity index (χ1v) is 6.42. The number of aromatic nitrogens is 3. The number of aryl methyl sites for hydroxylation is 1. The van der Waals surface area contributed by atoms with Crippen molar-refractivity contribution in [1.29, 1.82) is 0 Å². The van der Waals surface area contributed by atoms with Crippen LogP contribution in [0.5, 0.6) is 5.75 Å². The number of rotatable bonds is 2. The molecule has 5 nitrogen and oxygen atoms in total. The van der Waals surface area contributed by atoms with Gasteiger partial charge in [0.15, 0.2) is 5.65 Å². The van der Waals surface area contributed by atoms with Gasteiger partial charge in [0.2, 0.25) is 0 Å². The number of nitrogens with zero attached hydrogens (tertiary/aromatic N) is 3. The van der Waals surface area contributed by atoms with Crippen LogP contribution in [0, 0.1) is 6.92 Å². The zero-order chi connectivity index (χ0) is 15.0. The van der Waals surface area contributed by atoms with Gasteiger partial charge in [-0.05, 0) is 37.3 Å². The van der Waals surface area contributed by atoms with E-state index in [1.54, 1.807) is 36.5 Å². The van der Waals surface area contributed by atoms with Crippen LogP contribution in [0.4, 0.5) is 0 Å². The summed E-state index contributed by atoms with van der Waals surface area (Å²) in [6.45, 7) is 5.50. The highest BCUT2D eigenvalue weighted by Crippen LogP contribution is 2.24.